The summed E-state index contributed by atoms with van der Waals surface area (Å²) < 4.78 is 1.83. The smallest absolute Gasteiger partial charge is 0.380 e. The highest BCUT2D eigenvalue weighted by Crippen LogP contribution is 2.29. The summed E-state index contributed by atoms with van der Waals surface area (Å²) in [6.45, 7) is 5.54. The van der Waals surface area contributed by atoms with Crippen molar-refractivity contribution in [1.82, 2.24) is 14.9 Å². The highest BCUT2D eigenvalue weighted by atomic mass is 32.2. The second-order valence-electron chi connectivity index (χ2n) is 5.68. The Bertz CT molecular complexity index is 367. The quantitative estimate of drug-likeness (QED) is 0.678. The summed E-state index contributed by atoms with van der Waals surface area (Å²) in [4.78, 5) is 22.6. The molecule has 2 fully saturated rings. The predicted molar refractivity (Wildman–Crippen MR) is 73.7 cm³/mol. The lowest BCUT2D eigenvalue weighted by Crippen LogP contribution is -2.56. The van der Waals surface area contributed by atoms with Crippen molar-refractivity contribution in [3.8, 4) is 0 Å². The molecule has 2 aliphatic rings. The molecule has 0 aliphatic carbocycles. The van der Waals surface area contributed by atoms with Crippen molar-refractivity contribution < 1.29 is 14.7 Å². The number of rotatable bonds is 3. The van der Waals surface area contributed by atoms with Gasteiger partial charge in [0.25, 0.3) is 0 Å². The zero-order valence-electron chi connectivity index (χ0n) is 11.3. The van der Waals surface area contributed by atoms with Crippen LogP contribution in [0.2, 0.25) is 0 Å². The topological polar surface area (TPSA) is 81.7 Å². The lowest BCUT2D eigenvalue weighted by Gasteiger charge is -2.38. The molecule has 19 heavy (non-hydrogen) atoms. The fourth-order valence-corrected chi connectivity index (χ4v) is 3.32. The van der Waals surface area contributed by atoms with E-state index in [2.05, 4.69) is 24.5 Å². The van der Waals surface area contributed by atoms with Crippen molar-refractivity contribution in [2.75, 3.05) is 13.1 Å². The average molecular weight is 287 g/mol. The van der Waals surface area contributed by atoms with E-state index < -0.39 is 5.30 Å². The first kappa shape index (κ1) is 14.6. The molecular formula is C12H21N3O3S. The number of carbonyl (C=O) groups is 2. The molecule has 2 rings (SSSR count). The van der Waals surface area contributed by atoms with Crippen LogP contribution in [0.4, 0.5) is 4.79 Å². The van der Waals surface area contributed by atoms with Gasteiger partial charge in [0.2, 0.25) is 5.91 Å². The van der Waals surface area contributed by atoms with Gasteiger partial charge in [-0.1, -0.05) is 13.8 Å². The third-order valence-electron chi connectivity index (χ3n) is 3.62. The fraction of sp³-hybridized carbons (Fsp3) is 0.833. The minimum absolute atomic E-state index is 0.0769. The molecule has 3 N–H and O–H groups in total. The van der Waals surface area contributed by atoms with Crippen molar-refractivity contribution in [1.29, 1.82) is 0 Å². The molecular weight excluding hydrogens is 266 g/mol. The number of nitrogens with one attached hydrogen (secondary N) is 2. The van der Waals surface area contributed by atoms with E-state index in [-0.39, 0.29) is 17.6 Å². The molecule has 0 radical (unpaired) electrons. The Labute approximate surface area is 117 Å². The first-order chi connectivity index (χ1) is 8.90. The Morgan fingerprint density at radius 3 is 2.68 bits per heavy atom. The number of carbonyl (C=O) groups excluding carboxylic acids is 1. The predicted octanol–water partition coefficient (Wildman–Crippen LogP) is 1.24. The number of piperidine rings is 1. The minimum Gasteiger partial charge on any atom is -0.472 e. The van der Waals surface area contributed by atoms with E-state index in [4.69, 9.17) is 5.11 Å². The van der Waals surface area contributed by atoms with Gasteiger partial charge in [-0.25, -0.2) is 9.10 Å². The summed E-state index contributed by atoms with van der Waals surface area (Å²) in [5.74, 6) is 0.550. The maximum absolute atomic E-state index is 12.0. The van der Waals surface area contributed by atoms with Crippen LogP contribution >= 0.6 is 11.9 Å². The van der Waals surface area contributed by atoms with Crippen LogP contribution in [0.15, 0.2) is 0 Å². The van der Waals surface area contributed by atoms with E-state index in [0.29, 0.717) is 19.0 Å². The van der Waals surface area contributed by atoms with Crippen LogP contribution in [-0.4, -0.2) is 45.4 Å². The molecule has 0 bridgehead atoms. The first-order valence-electron chi connectivity index (χ1n) is 6.66. The Morgan fingerprint density at radius 1 is 1.53 bits per heavy atom. The van der Waals surface area contributed by atoms with Gasteiger partial charge < -0.3 is 10.4 Å². The molecule has 0 aromatic rings. The molecule has 1 spiro atoms. The van der Waals surface area contributed by atoms with Gasteiger partial charge in [0, 0.05) is 25.0 Å². The van der Waals surface area contributed by atoms with Gasteiger partial charge in [0.05, 0.1) is 11.7 Å². The Kier molecular flexibility index (Phi) is 4.37. The Morgan fingerprint density at radius 2 is 2.16 bits per heavy atom. The monoisotopic (exact) mass is 287 g/mol. The summed E-state index contributed by atoms with van der Waals surface area (Å²) in [5.41, 5.74) is -0.327. The molecule has 1 unspecified atom stereocenters. The third kappa shape index (κ3) is 3.61. The molecule has 2 saturated heterocycles. The summed E-state index contributed by atoms with van der Waals surface area (Å²) >= 11 is 0.839. The fourth-order valence-electron chi connectivity index (χ4n) is 2.73. The van der Waals surface area contributed by atoms with E-state index in [0.717, 1.165) is 31.2 Å². The number of nitrogens with zero attached hydrogens (tertiary/aromatic N) is 1. The maximum Gasteiger partial charge on any atom is 0.380 e. The summed E-state index contributed by atoms with van der Waals surface area (Å²) in [6, 6.07) is -0.112. The largest absolute Gasteiger partial charge is 0.472 e. The van der Waals surface area contributed by atoms with Crippen molar-refractivity contribution in [2.24, 2.45) is 5.92 Å². The molecule has 0 aromatic heterocycles. The SMILES string of the molecule is CC(C)CC1NC2(CCN(SC(=O)O)CC2)NC1=O. The highest BCUT2D eigenvalue weighted by Gasteiger charge is 2.45. The van der Waals surface area contributed by atoms with Crippen LogP contribution in [0.5, 0.6) is 0 Å². The average Bonchev–Trinajstić information content (AvgIpc) is 2.58. The van der Waals surface area contributed by atoms with Gasteiger partial charge in [-0.05, 0) is 25.2 Å². The van der Waals surface area contributed by atoms with Crippen LogP contribution < -0.4 is 10.6 Å². The molecule has 6 nitrogen and oxygen atoms in total. The zero-order chi connectivity index (χ0) is 14.0. The molecule has 1 atom stereocenters. The number of hydrogen-bond donors (Lipinski definition) is 3. The van der Waals surface area contributed by atoms with Gasteiger partial charge >= 0.3 is 5.30 Å². The number of carboxylic acid groups (broad SMARTS) is 1. The van der Waals surface area contributed by atoms with Gasteiger partial charge in [-0.3, -0.25) is 10.1 Å². The second-order valence-corrected chi connectivity index (χ2v) is 6.73. The summed E-state index contributed by atoms with van der Waals surface area (Å²) in [6.07, 6.45) is 2.32. The molecule has 0 aromatic carbocycles. The van der Waals surface area contributed by atoms with Gasteiger partial charge in [-0.2, -0.15) is 0 Å². The standard InChI is InChI=1S/C12H21N3O3S/c1-8(2)7-9-10(16)14-12(13-9)3-5-15(6-4-12)19-11(17)18/h8-9,13H,3-7H2,1-2H3,(H,14,16)(H,17,18). The van der Waals surface area contributed by atoms with Gasteiger partial charge in [-0.15, -0.1) is 0 Å². The van der Waals surface area contributed by atoms with Crippen LogP contribution in [0.3, 0.4) is 0 Å². The van der Waals surface area contributed by atoms with Crippen LogP contribution in [0, 0.1) is 5.92 Å². The normalized spacial score (nSPS) is 26.9. The van der Waals surface area contributed by atoms with E-state index in [1.165, 1.54) is 0 Å². The summed E-state index contributed by atoms with van der Waals surface area (Å²) in [5, 5.41) is 14.3. The molecule has 2 aliphatic heterocycles. The van der Waals surface area contributed by atoms with Crippen LogP contribution in [0.25, 0.3) is 0 Å². The molecule has 108 valence electrons. The lowest BCUT2D eigenvalue weighted by atomic mass is 9.98. The number of hydrogen-bond acceptors (Lipinski definition) is 5. The van der Waals surface area contributed by atoms with E-state index in [9.17, 15) is 9.59 Å². The van der Waals surface area contributed by atoms with Crippen molar-refractivity contribution in [2.45, 2.75) is 44.8 Å². The van der Waals surface area contributed by atoms with E-state index >= 15 is 0 Å². The Balaban J connectivity index is 1.89. The van der Waals surface area contributed by atoms with E-state index in [1.807, 2.05) is 4.31 Å². The first-order valence-corrected chi connectivity index (χ1v) is 7.43. The van der Waals surface area contributed by atoms with E-state index in [1.54, 1.807) is 0 Å². The highest BCUT2D eigenvalue weighted by molar-refractivity contribution is 8.11. The van der Waals surface area contributed by atoms with Crippen LogP contribution in [-0.2, 0) is 4.79 Å². The second kappa shape index (κ2) is 5.68. The van der Waals surface area contributed by atoms with Crippen molar-refractivity contribution in [3.05, 3.63) is 0 Å². The molecule has 1 amide bonds. The van der Waals surface area contributed by atoms with Gasteiger partial charge in [0.15, 0.2) is 0 Å². The molecule has 7 heteroatoms. The maximum atomic E-state index is 12.0. The minimum atomic E-state index is -0.878. The van der Waals surface area contributed by atoms with Crippen molar-refractivity contribution in [3.63, 3.8) is 0 Å². The van der Waals surface area contributed by atoms with Crippen molar-refractivity contribution >= 4 is 23.2 Å². The molecule has 0 saturated carbocycles. The van der Waals surface area contributed by atoms with Gasteiger partial charge in [0.1, 0.15) is 0 Å². The third-order valence-corrected chi connectivity index (χ3v) is 4.40. The molecule has 2 heterocycles. The Hall–Kier alpha value is -0.790. The lowest BCUT2D eigenvalue weighted by molar-refractivity contribution is -0.121. The summed E-state index contributed by atoms with van der Waals surface area (Å²) in [7, 11) is 0. The number of amides is 1. The van der Waals surface area contributed by atoms with Crippen LogP contribution in [0.1, 0.15) is 33.1 Å². The zero-order valence-corrected chi connectivity index (χ0v) is 12.1.